The molecule has 3 aliphatic rings. The number of carbonyl (C=O) groups is 2. The van der Waals surface area contributed by atoms with Crippen LogP contribution >= 0.6 is 0 Å². The zero-order valence-electron chi connectivity index (χ0n) is 14.8. The maximum Gasteiger partial charge on any atom is 0.246 e. The van der Waals surface area contributed by atoms with Crippen molar-refractivity contribution in [2.24, 2.45) is 10.8 Å². The molecule has 0 aromatic heterocycles. The van der Waals surface area contributed by atoms with Crippen LogP contribution in [-0.2, 0) is 16.0 Å². The summed E-state index contributed by atoms with van der Waals surface area (Å²) in [5, 5.41) is 5.52. The van der Waals surface area contributed by atoms with Gasteiger partial charge in [-0.15, -0.1) is 0 Å². The van der Waals surface area contributed by atoms with E-state index in [2.05, 4.69) is 5.10 Å². The molecule has 0 spiro atoms. The van der Waals surface area contributed by atoms with Crippen molar-refractivity contribution in [2.45, 2.75) is 43.3 Å². The topological polar surface area (TPSA) is 79.0 Å². The van der Waals surface area contributed by atoms with Crippen molar-refractivity contribution in [1.82, 2.24) is 9.91 Å². The molecule has 8 heteroatoms. The van der Waals surface area contributed by atoms with Crippen LogP contribution < -0.4 is 5.73 Å². The van der Waals surface area contributed by atoms with E-state index < -0.39 is 17.7 Å². The summed E-state index contributed by atoms with van der Waals surface area (Å²) >= 11 is 0. The maximum absolute atomic E-state index is 13.6. The quantitative estimate of drug-likeness (QED) is 0.866. The van der Waals surface area contributed by atoms with E-state index in [1.165, 1.54) is 28.1 Å². The highest BCUT2D eigenvalue weighted by Crippen LogP contribution is 2.37. The fourth-order valence-corrected chi connectivity index (χ4v) is 4.16. The molecule has 4 unspecified atom stereocenters. The monoisotopic (exact) mass is 374 g/mol. The number of nitrogens with zero attached hydrogens (tertiary/aromatic N) is 3. The Morgan fingerprint density at radius 1 is 1.33 bits per heavy atom. The number of nitrogens with two attached hydrogens (primary N) is 1. The zero-order valence-corrected chi connectivity index (χ0v) is 14.8. The van der Waals surface area contributed by atoms with Crippen LogP contribution in [0, 0.1) is 11.6 Å². The first-order chi connectivity index (χ1) is 12.9. The zero-order chi connectivity index (χ0) is 19.3. The number of hydrogen-bond donors (Lipinski definition) is 1. The largest absolute Gasteiger partial charge is 0.332 e. The van der Waals surface area contributed by atoms with Crippen LogP contribution in [0.15, 0.2) is 29.4 Å². The van der Waals surface area contributed by atoms with Crippen molar-refractivity contribution in [3.8, 4) is 0 Å². The minimum atomic E-state index is -0.897. The molecule has 0 saturated carbocycles. The molecule has 6 nitrogen and oxygen atoms in total. The number of amides is 2. The number of hydrazone groups is 1. The molecular formula is C19H20F2N4O2. The Morgan fingerprint density at radius 2 is 2.07 bits per heavy atom. The third-order valence-corrected chi connectivity index (χ3v) is 5.70. The third kappa shape index (κ3) is 2.93. The van der Waals surface area contributed by atoms with E-state index in [0.29, 0.717) is 18.4 Å². The van der Waals surface area contributed by atoms with Gasteiger partial charge in [-0.3, -0.25) is 9.59 Å². The number of aryl methyl sites for hydroxylation is 1. The first-order valence-electron chi connectivity index (χ1n) is 8.91. The highest BCUT2D eigenvalue weighted by Gasteiger charge is 2.40. The Bertz CT molecular complexity index is 870. The number of halogens is 2. The van der Waals surface area contributed by atoms with Gasteiger partial charge in [-0.2, -0.15) is 5.10 Å². The van der Waals surface area contributed by atoms with Gasteiger partial charge in [-0.1, -0.05) is 6.08 Å². The molecule has 27 heavy (non-hydrogen) atoms. The average molecular weight is 374 g/mol. The predicted molar refractivity (Wildman–Crippen MR) is 94.8 cm³/mol. The molecule has 4 rings (SSSR count). The van der Waals surface area contributed by atoms with E-state index in [1.807, 2.05) is 0 Å². The average Bonchev–Trinajstić information content (AvgIpc) is 3.23. The standard InChI is InChI=1S/C19H20F2N4O2/c1-24-17-9-23-25(16(17)4-5-18(24)26)19(27)8-15(22)11-3-2-10-6-13(20)14(21)7-12(10)11/h4-7,9,11,15-17H,2-3,8,22H2,1H3. The first kappa shape index (κ1) is 17.8. The van der Waals surface area contributed by atoms with Crippen LogP contribution in [0.1, 0.15) is 29.9 Å². The van der Waals surface area contributed by atoms with Crippen molar-refractivity contribution < 1.29 is 18.4 Å². The predicted octanol–water partition coefficient (Wildman–Crippen LogP) is 1.31. The van der Waals surface area contributed by atoms with Crippen LogP contribution in [-0.4, -0.2) is 53.1 Å². The number of benzene rings is 1. The van der Waals surface area contributed by atoms with Gasteiger partial charge < -0.3 is 10.6 Å². The molecule has 0 radical (unpaired) electrons. The van der Waals surface area contributed by atoms with E-state index in [0.717, 1.165) is 5.56 Å². The van der Waals surface area contributed by atoms with Crippen LogP contribution in [0.4, 0.5) is 8.78 Å². The van der Waals surface area contributed by atoms with Gasteiger partial charge in [-0.25, -0.2) is 13.8 Å². The molecule has 0 fully saturated rings. The molecule has 0 bridgehead atoms. The van der Waals surface area contributed by atoms with Crippen molar-refractivity contribution in [1.29, 1.82) is 0 Å². The van der Waals surface area contributed by atoms with Crippen molar-refractivity contribution in [3.63, 3.8) is 0 Å². The molecule has 1 aromatic rings. The summed E-state index contributed by atoms with van der Waals surface area (Å²) in [6.45, 7) is 0. The molecular weight excluding hydrogens is 354 g/mol. The van der Waals surface area contributed by atoms with Gasteiger partial charge in [0.25, 0.3) is 0 Å². The fourth-order valence-electron chi connectivity index (χ4n) is 4.16. The maximum atomic E-state index is 13.6. The van der Waals surface area contributed by atoms with Crippen molar-refractivity contribution in [2.75, 3.05) is 7.05 Å². The van der Waals surface area contributed by atoms with Crippen molar-refractivity contribution in [3.05, 3.63) is 47.0 Å². The molecule has 1 aliphatic carbocycles. The molecule has 142 valence electrons. The number of fused-ring (bicyclic) bond motifs is 2. The van der Waals surface area contributed by atoms with Gasteiger partial charge in [0.05, 0.1) is 18.3 Å². The Balaban J connectivity index is 1.47. The Morgan fingerprint density at radius 3 is 2.85 bits per heavy atom. The summed E-state index contributed by atoms with van der Waals surface area (Å²) in [4.78, 5) is 26.0. The van der Waals surface area contributed by atoms with Gasteiger partial charge in [0, 0.05) is 31.5 Å². The Hall–Kier alpha value is -2.61. The Kier molecular flexibility index (Phi) is 4.30. The van der Waals surface area contributed by atoms with Gasteiger partial charge in [0.1, 0.15) is 0 Å². The number of carbonyl (C=O) groups excluding carboxylic acids is 2. The lowest BCUT2D eigenvalue weighted by atomic mass is 9.91. The van der Waals surface area contributed by atoms with E-state index in [9.17, 15) is 18.4 Å². The minimum Gasteiger partial charge on any atom is -0.332 e. The lowest BCUT2D eigenvalue weighted by Gasteiger charge is -2.32. The van der Waals surface area contributed by atoms with Crippen LogP contribution in [0.3, 0.4) is 0 Å². The van der Waals surface area contributed by atoms with Gasteiger partial charge in [0.15, 0.2) is 11.6 Å². The summed E-state index contributed by atoms with van der Waals surface area (Å²) in [7, 11) is 1.67. The van der Waals surface area contributed by atoms with Gasteiger partial charge in [0.2, 0.25) is 11.8 Å². The second-order valence-corrected chi connectivity index (χ2v) is 7.27. The highest BCUT2D eigenvalue weighted by atomic mass is 19.2. The fraction of sp³-hybridized carbons (Fsp3) is 0.421. The van der Waals surface area contributed by atoms with Crippen LogP contribution in [0.5, 0.6) is 0 Å². The van der Waals surface area contributed by atoms with E-state index in [-0.39, 0.29) is 36.2 Å². The number of hydrogen-bond acceptors (Lipinski definition) is 4. The summed E-state index contributed by atoms with van der Waals surface area (Å²) in [6.07, 6.45) is 5.99. The summed E-state index contributed by atoms with van der Waals surface area (Å²) in [5.41, 5.74) is 7.70. The molecule has 2 aliphatic heterocycles. The summed E-state index contributed by atoms with van der Waals surface area (Å²) in [6, 6.07) is 1.27. The first-order valence-corrected chi connectivity index (χ1v) is 8.91. The van der Waals surface area contributed by atoms with Crippen LogP contribution in [0.25, 0.3) is 0 Å². The third-order valence-electron chi connectivity index (χ3n) is 5.70. The summed E-state index contributed by atoms with van der Waals surface area (Å²) < 4.78 is 27.0. The molecule has 4 atom stereocenters. The normalized spacial score (nSPS) is 27.1. The molecule has 1 aromatic carbocycles. The summed E-state index contributed by atoms with van der Waals surface area (Å²) in [5.74, 6) is -2.35. The van der Waals surface area contributed by atoms with E-state index in [1.54, 1.807) is 19.3 Å². The number of likely N-dealkylation sites (N-methyl/N-ethyl adjacent to an activating group) is 1. The molecule has 0 saturated heterocycles. The molecule has 2 amide bonds. The lowest BCUT2D eigenvalue weighted by molar-refractivity contribution is -0.135. The van der Waals surface area contributed by atoms with Gasteiger partial charge >= 0.3 is 0 Å². The smallest absolute Gasteiger partial charge is 0.246 e. The minimum absolute atomic E-state index is 0.0369. The lowest BCUT2D eigenvalue weighted by Crippen LogP contribution is -2.51. The Labute approximate surface area is 155 Å². The highest BCUT2D eigenvalue weighted by molar-refractivity contribution is 5.93. The SMILES string of the molecule is CN1C(=O)C=CC2C1C=NN2C(=O)CC(N)C1CCc2cc(F)c(F)cc21. The second-order valence-electron chi connectivity index (χ2n) is 7.27. The van der Waals surface area contributed by atoms with E-state index >= 15 is 0 Å². The number of rotatable bonds is 3. The van der Waals surface area contributed by atoms with E-state index in [4.69, 9.17) is 5.73 Å². The second kappa shape index (κ2) is 6.53. The van der Waals surface area contributed by atoms with Gasteiger partial charge in [-0.05, 0) is 36.1 Å². The molecule has 2 heterocycles. The van der Waals surface area contributed by atoms with Crippen molar-refractivity contribution >= 4 is 18.0 Å². The molecule has 2 N–H and O–H groups in total. The van der Waals surface area contributed by atoms with Crippen LogP contribution in [0.2, 0.25) is 0 Å².